The highest BCUT2D eigenvalue weighted by molar-refractivity contribution is 5.98. The molecule has 1 N–H and O–H groups in total. The highest BCUT2D eigenvalue weighted by Gasteiger charge is 2.23. The molecular formula is C24H26N2O4. The molecular weight excluding hydrogens is 380 g/mol. The molecule has 0 saturated carbocycles. The normalized spacial score (nSPS) is 11.6. The molecule has 1 atom stereocenters. The van der Waals surface area contributed by atoms with Crippen molar-refractivity contribution in [2.24, 2.45) is 0 Å². The molecule has 0 aliphatic heterocycles. The second kappa shape index (κ2) is 9.31. The van der Waals surface area contributed by atoms with Gasteiger partial charge in [-0.25, -0.2) is 4.79 Å². The minimum absolute atomic E-state index is 0.425. The number of hydrogen-bond donors (Lipinski definition) is 1. The third-order valence-corrected chi connectivity index (χ3v) is 4.99. The Kier molecular flexibility index (Phi) is 6.57. The average Bonchev–Trinajstić information content (AvgIpc) is 3.03. The molecule has 0 radical (unpaired) electrons. The maximum atomic E-state index is 12.7. The van der Waals surface area contributed by atoms with E-state index in [9.17, 15) is 9.59 Å². The molecule has 0 bridgehead atoms. The summed E-state index contributed by atoms with van der Waals surface area (Å²) in [7, 11) is 1.53. The molecule has 6 heteroatoms. The van der Waals surface area contributed by atoms with E-state index in [0.717, 1.165) is 17.0 Å². The van der Waals surface area contributed by atoms with Crippen molar-refractivity contribution in [3.05, 3.63) is 83.2 Å². The molecule has 2 aromatic carbocycles. The minimum atomic E-state index is -0.959. The molecule has 6 nitrogen and oxygen atoms in total. The number of esters is 1. The van der Waals surface area contributed by atoms with Crippen LogP contribution in [0.5, 0.6) is 5.75 Å². The monoisotopic (exact) mass is 406 g/mol. The molecule has 0 aliphatic rings. The van der Waals surface area contributed by atoms with Crippen LogP contribution in [0.2, 0.25) is 0 Å². The summed E-state index contributed by atoms with van der Waals surface area (Å²) in [5.74, 6) is -0.412. The van der Waals surface area contributed by atoms with E-state index in [1.807, 2.05) is 50.2 Å². The molecule has 0 spiro atoms. The quantitative estimate of drug-likeness (QED) is 0.593. The van der Waals surface area contributed by atoms with Crippen molar-refractivity contribution in [1.29, 1.82) is 0 Å². The second-order valence-electron chi connectivity index (χ2n) is 7.09. The van der Waals surface area contributed by atoms with Crippen LogP contribution in [0.3, 0.4) is 0 Å². The van der Waals surface area contributed by atoms with Crippen LogP contribution in [-0.2, 0) is 16.1 Å². The number of benzene rings is 2. The lowest BCUT2D eigenvalue weighted by Crippen LogP contribution is -2.30. The van der Waals surface area contributed by atoms with Gasteiger partial charge in [-0.2, -0.15) is 0 Å². The van der Waals surface area contributed by atoms with E-state index in [4.69, 9.17) is 9.47 Å². The second-order valence-corrected chi connectivity index (χ2v) is 7.09. The highest BCUT2D eigenvalue weighted by atomic mass is 16.5. The average molecular weight is 406 g/mol. The molecule has 0 fully saturated rings. The van der Waals surface area contributed by atoms with Crippen LogP contribution >= 0.6 is 0 Å². The zero-order valence-electron chi connectivity index (χ0n) is 17.6. The van der Waals surface area contributed by atoms with Crippen LogP contribution in [0.15, 0.2) is 60.7 Å². The number of para-hydroxylation sites is 2. The van der Waals surface area contributed by atoms with Gasteiger partial charge in [-0.15, -0.1) is 0 Å². The number of nitrogens with one attached hydrogen (secondary N) is 1. The van der Waals surface area contributed by atoms with Crippen molar-refractivity contribution < 1.29 is 19.1 Å². The van der Waals surface area contributed by atoms with Gasteiger partial charge in [-0.3, -0.25) is 4.79 Å². The van der Waals surface area contributed by atoms with Crippen LogP contribution in [0.25, 0.3) is 0 Å². The molecule has 0 saturated heterocycles. The summed E-state index contributed by atoms with van der Waals surface area (Å²) in [6.45, 7) is 6.04. The zero-order chi connectivity index (χ0) is 21.7. The smallest absolute Gasteiger partial charge is 0.340 e. The van der Waals surface area contributed by atoms with E-state index in [1.54, 1.807) is 31.2 Å². The van der Waals surface area contributed by atoms with E-state index in [1.165, 1.54) is 7.11 Å². The number of rotatable bonds is 7. The molecule has 0 aliphatic carbocycles. The first-order valence-electron chi connectivity index (χ1n) is 9.76. The van der Waals surface area contributed by atoms with Gasteiger partial charge in [0.15, 0.2) is 6.10 Å². The lowest BCUT2D eigenvalue weighted by molar-refractivity contribution is -0.123. The van der Waals surface area contributed by atoms with Crippen LogP contribution in [-0.4, -0.2) is 29.7 Å². The van der Waals surface area contributed by atoms with Crippen LogP contribution < -0.4 is 10.1 Å². The number of carbonyl (C=O) groups is 2. The number of carbonyl (C=O) groups excluding carboxylic acids is 2. The standard InChI is InChI=1S/C24H26N2O4/c1-16-14-20(17(2)26(16)15-19-10-6-5-7-11-19)24(28)30-18(3)23(27)25-21-12-8-9-13-22(21)29-4/h5-14,18H,15H2,1-4H3,(H,25,27). The van der Waals surface area contributed by atoms with Gasteiger partial charge in [0.1, 0.15) is 5.75 Å². The lowest BCUT2D eigenvalue weighted by Gasteiger charge is -2.15. The Morgan fingerprint density at radius 1 is 1.03 bits per heavy atom. The molecule has 3 aromatic rings. The number of hydrogen-bond acceptors (Lipinski definition) is 4. The number of nitrogens with zero attached hydrogens (tertiary/aromatic N) is 1. The first kappa shape index (κ1) is 21.2. The van der Waals surface area contributed by atoms with E-state index >= 15 is 0 Å². The Hall–Kier alpha value is -3.54. The number of methoxy groups -OCH3 is 1. The maximum Gasteiger partial charge on any atom is 0.340 e. The fourth-order valence-electron chi connectivity index (χ4n) is 3.28. The van der Waals surface area contributed by atoms with Gasteiger partial charge >= 0.3 is 5.97 Å². The number of amides is 1. The van der Waals surface area contributed by atoms with Crippen molar-refractivity contribution >= 4 is 17.6 Å². The first-order valence-corrected chi connectivity index (χ1v) is 9.76. The van der Waals surface area contributed by atoms with Crippen LogP contribution in [0, 0.1) is 13.8 Å². The molecule has 30 heavy (non-hydrogen) atoms. The predicted molar refractivity (Wildman–Crippen MR) is 116 cm³/mol. The number of aromatic nitrogens is 1. The third kappa shape index (κ3) is 4.71. The third-order valence-electron chi connectivity index (χ3n) is 4.99. The SMILES string of the molecule is COc1ccccc1NC(=O)C(C)OC(=O)c1cc(C)n(Cc2ccccc2)c1C. The van der Waals surface area contributed by atoms with Gasteiger partial charge in [0.05, 0.1) is 18.4 Å². The Morgan fingerprint density at radius 3 is 2.40 bits per heavy atom. The van der Waals surface area contributed by atoms with E-state index in [2.05, 4.69) is 9.88 Å². The van der Waals surface area contributed by atoms with Gasteiger partial charge in [0.25, 0.3) is 5.91 Å². The number of aryl methyl sites for hydroxylation is 1. The molecule has 1 unspecified atom stereocenters. The lowest BCUT2D eigenvalue weighted by atomic mass is 10.2. The summed E-state index contributed by atoms with van der Waals surface area (Å²) in [6.07, 6.45) is -0.959. The Balaban J connectivity index is 1.69. The van der Waals surface area contributed by atoms with E-state index in [0.29, 0.717) is 23.5 Å². The van der Waals surface area contributed by atoms with Crippen LogP contribution in [0.4, 0.5) is 5.69 Å². The first-order chi connectivity index (χ1) is 14.4. The molecule has 1 aromatic heterocycles. The Labute approximate surface area is 176 Å². The maximum absolute atomic E-state index is 12.7. The van der Waals surface area contributed by atoms with Crippen LogP contribution in [0.1, 0.15) is 34.2 Å². The minimum Gasteiger partial charge on any atom is -0.495 e. The molecule has 1 heterocycles. The van der Waals surface area contributed by atoms with Crippen molar-refractivity contribution in [1.82, 2.24) is 4.57 Å². The summed E-state index contributed by atoms with van der Waals surface area (Å²) in [5, 5.41) is 2.74. The summed E-state index contributed by atoms with van der Waals surface area (Å²) in [5.41, 5.74) is 3.88. The van der Waals surface area contributed by atoms with Gasteiger partial charge in [-0.1, -0.05) is 42.5 Å². The summed E-state index contributed by atoms with van der Waals surface area (Å²) < 4.78 is 12.7. The molecule has 156 valence electrons. The fourth-order valence-corrected chi connectivity index (χ4v) is 3.28. The Morgan fingerprint density at radius 2 is 1.70 bits per heavy atom. The summed E-state index contributed by atoms with van der Waals surface area (Å²) >= 11 is 0. The van der Waals surface area contributed by atoms with Crippen molar-refractivity contribution in [3.8, 4) is 5.75 Å². The predicted octanol–water partition coefficient (Wildman–Crippen LogP) is 4.35. The number of anilines is 1. The largest absolute Gasteiger partial charge is 0.495 e. The van der Waals surface area contributed by atoms with Gasteiger partial charge in [-0.05, 0) is 44.5 Å². The van der Waals surface area contributed by atoms with Crippen molar-refractivity contribution in [2.45, 2.75) is 33.4 Å². The Bertz CT molecular complexity index is 1040. The van der Waals surface area contributed by atoms with Crippen molar-refractivity contribution in [2.75, 3.05) is 12.4 Å². The van der Waals surface area contributed by atoms with E-state index < -0.39 is 18.0 Å². The highest BCUT2D eigenvalue weighted by Crippen LogP contribution is 2.24. The zero-order valence-corrected chi connectivity index (χ0v) is 17.6. The fraction of sp³-hybridized carbons (Fsp3) is 0.250. The molecule has 1 amide bonds. The summed E-state index contributed by atoms with van der Waals surface area (Å²) in [6, 6.07) is 18.9. The van der Waals surface area contributed by atoms with Gasteiger partial charge < -0.3 is 19.4 Å². The van der Waals surface area contributed by atoms with Gasteiger partial charge in [0.2, 0.25) is 0 Å². The summed E-state index contributed by atoms with van der Waals surface area (Å²) in [4.78, 5) is 25.2. The topological polar surface area (TPSA) is 69.6 Å². The molecule has 3 rings (SSSR count). The van der Waals surface area contributed by atoms with Gasteiger partial charge in [0, 0.05) is 17.9 Å². The number of ether oxygens (including phenoxy) is 2. The van der Waals surface area contributed by atoms with E-state index in [-0.39, 0.29) is 0 Å². The van der Waals surface area contributed by atoms with Crippen molar-refractivity contribution in [3.63, 3.8) is 0 Å².